The molecule has 2 aromatic carbocycles. The first-order valence-corrected chi connectivity index (χ1v) is 10.4. The van der Waals surface area contributed by atoms with Crippen molar-refractivity contribution < 1.29 is 4.74 Å². The predicted molar refractivity (Wildman–Crippen MR) is 121 cm³/mol. The Kier molecular flexibility index (Phi) is 4.65. The molecule has 0 atom stereocenters. The molecule has 3 heterocycles. The third-order valence-electron chi connectivity index (χ3n) is 4.89. The SMILES string of the molecule is COc1ccc(-c2nc3cc(Nc4nc(-c5cccnc5)cs4)c(C)cc3[nH]2)cc1. The number of H-pyrrole nitrogens is 1. The van der Waals surface area contributed by atoms with Crippen LogP contribution in [0.2, 0.25) is 0 Å². The van der Waals surface area contributed by atoms with Crippen molar-refractivity contribution >= 4 is 33.2 Å². The number of nitrogens with zero attached hydrogens (tertiary/aromatic N) is 3. The molecule has 0 saturated carbocycles. The molecule has 6 nitrogen and oxygen atoms in total. The minimum absolute atomic E-state index is 0.825. The van der Waals surface area contributed by atoms with Gasteiger partial charge in [-0.05, 0) is 61.0 Å². The number of hydrogen-bond donors (Lipinski definition) is 2. The van der Waals surface area contributed by atoms with Gasteiger partial charge in [0.15, 0.2) is 5.13 Å². The fourth-order valence-electron chi connectivity index (χ4n) is 3.28. The van der Waals surface area contributed by atoms with Crippen molar-refractivity contribution in [1.29, 1.82) is 0 Å². The van der Waals surface area contributed by atoms with Crippen LogP contribution in [0, 0.1) is 6.92 Å². The molecular weight excluding hydrogens is 394 g/mol. The third-order valence-corrected chi connectivity index (χ3v) is 5.65. The highest BCUT2D eigenvalue weighted by Gasteiger charge is 2.11. The van der Waals surface area contributed by atoms with Gasteiger partial charge in [0.2, 0.25) is 0 Å². The standard InChI is InChI=1S/C23H19N5OS/c1-14-10-19-20(26-22(25-19)15-5-7-17(29-2)8-6-15)11-18(14)27-23-28-21(13-30-23)16-4-3-9-24-12-16/h3-13H,1-2H3,(H,25,26)(H,27,28). The lowest BCUT2D eigenvalue weighted by molar-refractivity contribution is 0.415. The summed E-state index contributed by atoms with van der Waals surface area (Å²) in [4.78, 5) is 17.0. The van der Waals surface area contributed by atoms with E-state index in [2.05, 4.69) is 34.3 Å². The fourth-order valence-corrected chi connectivity index (χ4v) is 4.01. The van der Waals surface area contributed by atoms with Crippen molar-refractivity contribution in [3.05, 3.63) is 71.9 Å². The molecule has 0 aliphatic carbocycles. The Morgan fingerprint density at radius 1 is 1.03 bits per heavy atom. The van der Waals surface area contributed by atoms with E-state index in [0.29, 0.717) is 0 Å². The van der Waals surface area contributed by atoms with Gasteiger partial charge in [-0.15, -0.1) is 11.3 Å². The number of anilines is 2. The van der Waals surface area contributed by atoms with Crippen LogP contribution >= 0.6 is 11.3 Å². The maximum atomic E-state index is 5.23. The number of benzene rings is 2. The summed E-state index contributed by atoms with van der Waals surface area (Å²) in [5, 5.41) is 6.30. The maximum absolute atomic E-state index is 5.23. The van der Waals surface area contributed by atoms with Crippen LogP contribution in [-0.2, 0) is 0 Å². The second-order valence-corrected chi connectivity index (χ2v) is 7.76. The smallest absolute Gasteiger partial charge is 0.187 e. The number of ether oxygens (including phenoxy) is 1. The molecule has 0 saturated heterocycles. The van der Waals surface area contributed by atoms with E-state index in [0.717, 1.165) is 55.8 Å². The van der Waals surface area contributed by atoms with Gasteiger partial charge >= 0.3 is 0 Å². The van der Waals surface area contributed by atoms with Crippen molar-refractivity contribution in [3.63, 3.8) is 0 Å². The van der Waals surface area contributed by atoms with Gasteiger partial charge in [-0.25, -0.2) is 9.97 Å². The van der Waals surface area contributed by atoms with Gasteiger partial charge in [0.1, 0.15) is 11.6 Å². The minimum atomic E-state index is 0.825. The molecule has 5 aromatic rings. The molecular formula is C23H19N5OS. The van der Waals surface area contributed by atoms with E-state index < -0.39 is 0 Å². The van der Waals surface area contributed by atoms with Gasteiger partial charge in [-0.1, -0.05) is 0 Å². The van der Waals surface area contributed by atoms with Crippen molar-refractivity contribution in [1.82, 2.24) is 19.9 Å². The van der Waals surface area contributed by atoms with E-state index in [1.807, 2.05) is 48.0 Å². The van der Waals surface area contributed by atoms with Crippen LogP contribution in [0.1, 0.15) is 5.56 Å². The number of nitrogens with one attached hydrogen (secondary N) is 2. The van der Waals surface area contributed by atoms with Crippen LogP contribution in [0.5, 0.6) is 5.75 Å². The molecule has 0 unspecified atom stereocenters. The second kappa shape index (κ2) is 7.61. The zero-order chi connectivity index (χ0) is 20.5. The summed E-state index contributed by atoms with van der Waals surface area (Å²) < 4.78 is 5.23. The van der Waals surface area contributed by atoms with Crippen molar-refractivity contribution in [2.75, 3.05) is 12.4 Å². The first kappa shape index (κ1) is 18.3. The molecule has 0 radical (unpaired) electrons. The zero-order valence-corrected chi connectivity index (χ0v) is 17.3. The van der Waals surface area contributed by atoms with E-state index in [-0.39, 0.29) is 0 Å². The molecule has 0 aliphatic rings. The summed E-state index contributed by atoms with van der Waals surface area (Å²) in [5.41, 5.74) is 6.94. The Morgan fingerprint density at radius 3 is 2.67 bits per heavy atom. The molecule has 7 heteroatoms. The number of fused-ring (bicyclic) bond motifs is 1. The lowest BCUT2D eigenvalue weighted by Gasteiger charge is -2.06. The lowest BCUT2D eigenvalue weighted by atomic mass is 10.2. The molecule has 0 spiro atoms. The van der Waals surface area contributed by atoms with Crippen LogP contribution in [0.15, 0.2) is 66.3 Å². The number of thiazole rings is 1. The molecule has 2 N–H and O–H groups in total. The number of hydrogen-bond acceptors (Lipinski definition) is 6. The Balaban J connectivity index is 1.44. The summed E-state index contributed by atoms with van der Waals surface area (Å²) in [5.74, 6) is 1.66. The van der Waals surface area contributed by atoms with Gasteiger partial charge in [-0.3, -0.25) is 4.98 Å². The molecule has 0 bridgehead atoms. The van der Waals surface area contributed by atoms with E-state index in [1.165, 1.54) is 0 Å². The Labute approximate surface area is 177 Å². The number of aromatic nitrogens is 4. The van der Waals surface area contributed by atoms with Gasteiger partial charge in [0.25, 0.3) is 0 Å². The number of pyridine rings is 1. The molecule has 30 heavy (non-hydrogen) atoms. The predicted octanol–water partition coefficient (Wildman–Crippen LogP) is 5.81. The molecule has 3 aromatic heterocycles. The number of aryl methyl sites for hydroxylation is 1. The van der Waals surface area contributed by atoms with Crippen LogP contribution in [-0.4, -0.2) is 27.0 Å². The first-order chi connectivity index (χ1) is 14.7. The molecule has 0 aliphatic heterocycles. The Morgan fingerprint density at radius 2 is 1.90 bits per heavy atom. The van der Waals surface area contributed by atoms with E-state index in [9.17, 15) is 0 Å². The van der Waals surface area contributed by atoms with Crippen LogP contribution < -0.4 is 10.1 Å². The van der Waals surface area contributed by atoms with E-state index in [4.69, 9.17) is 14.7 Å². The van der Waals surface area contributed by atoms with Gasteiger partial charge < -0.3 is 15.0 Å². The molecule has 5 rings (SSSR count). The Hall–Kier alpha value is -3.71. The summed E-state index contributed by atoms with van der Waals surface area (Å²) >= 11 is 1.57. The third kappa shape index (κ3) is 3.51. The Bertz CT molecular complexity index is 1310. The maximum Gasteiger partial charge on any atom is 0.187 e. The highest BCUT2D eigenvalue weighted by Crippen LogP contribution is 2.31. The second-order valence-electron chi connectivity index (χ2n) is 6.90. The molecule has 0 fully saturated rings. The number of imidazole rings is 1. The van der Waals surface area contributed by atoms with Crippen LogP contribution in [0.4, 0.5) is 10.8 Å². The topological polar surface area (TPSA) is 75.7 Å². The highest BCUT2D eigenvalue weighted by molar-refractivity contribution is 7.14. The number of aromatic amines is 1. The zero-order valence-electron chi connectivity index (χ0n) is 16.5. The average Bonchev–Trinajstić information content (AvgIpc) is 3.42. The van der Waals surface area contributed by atoms with E-state index in [1.54, 1.807) is 24.6 Å². The molecule has 0 amide bonds. The highest BCUT2D eigenvalue weighted by atomic mass is 32.1. The largest absolute Gasteiger partial charge is 0.497 e. The monoisotopic (exact) mass is 413 g/mol. The van der Waals surface area contributed by atoms with Crippen LogP contribution in [0.3, 0.4) is 0 Å². The number of methoxy groups -OCH3 is 1. The van der Waals surface area contributed by atoms with Gasteiger partial charge in [0, 0.05) is 34.6 Å². The van der Waals surface area contributed by atoms with E-state index >= 15 is 0 Å². The summed E-state index contributed by atoms with van der Waals surface area (Å²) in [6.07, 6.45) is 3.58. The quantitative estimate of drug-likeness (QED) is 0.380. The minimum Gasteiger partial charge on any atom is -0.497 e. The number of rotatable bonds is 5. The molecule has 148 valence electrons. The summed E-state index contributed by atoms with van der Waals surface area (Å²) in [6, 6.07) is 15.9. The summed E-state index contributed by atoms with van der Waals surface area (Å²) in [7, 11) is 1.66. The van der Waals surface area contributed by atoms with Crippen molar-refractivity contribution in [2.24, 2.45) is 0 Å². The van der Waals surface area contributed by atoms with Crippen molar-refractivity contribution in [2.45, 2.75) is 6.92 Å². The normalized spacial score (nSPS) is 11.0. The van der Waals surface area contributed by atoms with Gasteiger partial charge in [-0.2, -0.15) is 0 Å². The van der Waals surface area contributed by atoms with Crippen molar-refractivity contribution in [3.8, 4) is 28.4 Å². The fraction of sp³-hybridized carbons (Fsp3) is 0.0870. The lowest BCUT2D eigenvalue weighted by Crippen LogP contribution is -1.93. The average molecular weight is 414 g/mol. The van der Waals surface area contributed by atoms with Gasteiger partial charge in [0.05, 0.1) is 23.8 Å². The first-order valence-electron chi connectivity index (χ1n) is 9.47. The summed E-state index contributed by atoms with van der Waals surface area (Å²) in [6.45, 7) is 2.07. The van der Waals surface area contributed by atoms with Crippen LogP contribution in [0.25, 0.3) is 33.7 Å².